The van der Waals surface area contributed by atoms with Crippen LogP contribution >= 0.6 is 0 Å². The molecular weight excluding hydrogens is 194 g/mol. The Bertz CT molecular complexity index is 228. The minimum atomic E-state index is 0.387. The van der Waals surface area contributed by atoms with Gasteiger partial charge in [0.1, 0.15) is 0 Å². The first-order valence-corrected chi connectivity index (χ1v) is 7.04. The highest BCUT2D eigenvalue weighted by molar-refractivity contribution is 5.16. The summed E-state index contributed by atoms with van der Waals surface area (Å²) in [6, 6.07) is 0.595. The Balaban J connectivity index is 2.73. The molecule has 1 rings (SSSR count). The Labute approximate surface area is 102 Å². The van der Waals surface area contributed by atoms with Gasteiger partial charge in [0.25, 0.3) is 0 Å². The lowest BCUT2D eigenvalue weighted by atomic mass is 9.75. The fraction of sp³-hybridized carbons (Fsp3) is 0.867. The maximum absolute atomic E-state index is 3.76. The van der Waals surface area contributed by atoms with Crippen LogP contribution in [-0.4, -0.2) is 12.6 Å². The largest absolute Gasteiger partial charge is 0.310 e. The second-order valence-electron chi connectivity index (χ2n) is 5.75. The van der Waals surface area contributed by atoms with Crippen LogP contribution in [0.25, 0.3) is 0 Å². The summed E-state index contributed by atoms with van der Waals surface area (Å²) in [6.07, 6.45) is 10.3. The standard InChI is InChI=1S/C15H29N/c1-5-12-16-14(15(3,4)6-2)13-10-8-7-9-11-13/h10,14,16H,5-9,11-12H2,1-4H3. The molecule has 0 radical (unpaired) electrons. The molecule has 0 spiro atoms. The van der Waals surface area contributed by atoms with Gasteiger partial charge in [0.2, 0.25) is 0 Å². The first-order chi connectivity index (χ1) is 7.61. The topological polar surface area (TPSA) is 12.0 Å². The molecule has 1 unspecified atom stereocenters. The summed E-state index contributed by atoms with van der Waals surface area (Å²) in [7, 11) is 0. The maximum Gasteiger partial charge on any atom is 0.0330 e. The van der Waals surface area contributed by atoms with Crippen molar-refractivity contribution in [2.45, 2.75) is 72.3 Å². The molecule has 94 valence electrons. The van der Waals surface area contributed by atoms with Gasteiger partial charge in [-0.05, 0) is 50.5 Å². The second kappa shape index (κ2) is 6.44. The van der Waals surface area contributed by atoms with Crippen LogP contribution in [0.2, 0.25) is 0 Å². The number of nitrogens with one attached hydrogen (secondary N) is 1. The zero-order chi connectivity index (χ0) is 12.0. The van der Waals surface area contributed by atoms with Gasteiger partial charge in [-0.25, -0.2) is 0 Å². The van der Waals surface area contributed by atoms with E-state index in [9.17, 15) is 0 Å². The predicted molar refractivity (Wildman–Crippen MR) is 72.7 cm³/mol. The van der Waals surface area contributed by atoms with E-state index in [0.717, 1.165) is 6.54 Å². The molecule has 0 saturated heterocycles. The Morgan fingerprint density at radius 3 is 2.56 bits per heavy atom. The SMILES string of the molecule is CCCNC(C1=CCCCC1)C(C)(C)CC. The zero-order valence-electron chi connectivity index (χ0n) is 11.6. The third kappa shape index (κ3) is 3.62. The van der Waals surface area contributed by atoms with E-state index in [2.05, 4.69) is 39.1 Å². The molecule has 1 atom stereocenters. The highest BCUT2D eigenvalue weighted by atomic mass is 14.9. The van der Waals surface area contributed by atoms with Crippen LogP contribution < -0.4 is 5.32 Å². The third-order valence-corrected chi connectivity index (χ3v) is 3.99. The lowest BCUT2D eigenvalue weighted by Crippen LogP contribution is -2.43. The van der Waals surface area contributed by atoms with E-state index in [-0.39, 0.29) is 0 Å². The van der Waals surface area contributed by atoms with Crippen LogP contribution in [0.5, 0.6) is 0 Å². The molecule has 0 saturated carbocycles. The van der Waals surface area contributed by atoms with Crippen molar-refractivity contribution < 1.29 is 0 Å². The minimum Gasteiger partial charge on any atom is -0.310 e. The van der Waals surface area contributed by atoms with Crippen LogP contribution in [0.3, 0.4) is 0 Å². The quantitative estimate of drug-likeness (QED) is 0.662. The van der Waals surface area contributed by atoms with Crippen molar-refractivity contribution in [3.8, 4) is 0 Å². The monoisotopic (exact) mass is 223 g/mol. The van der Waals surface area contributed by atoms with Crippen LogP contribution in [0.15, 0.2) is 11.6 Å². The number of hydrogen-bond donors (Lipinski definition) is 1. The average molecular weight is 223 g/mol. The Morgan fingerprint density at radius 2 is 2.06 bits per heavy atom. The van der Waals surface area contributed by atoms with E-state index in [1.165, 1.54) is 38.5 Å². The van der Waals surface area contributed by atoms with Crippen molar-refractivity contribution in [3.05, 3.63) is 11.6 Å². The molecule has 0 fully saturated rings. The lowest BCUT2D eigenvalue weighted by Gasteiger charge is -2.37. The van der Waals surface area contributed by atoms with Crippen molar-refractivity contribution in [2.24, 2.45) is 5.41 Å². The van der Waals surface area contributed by atoms with Gasteiger partial charge < -0.3 is 5.32 Å². The van der Waals surface area contributed by atoms with Crippen molar-refractivity contribution in [1.29, 1.82) is 0 Å². The molecule has 0 amide bonds. The van der Waals surface area contributed by atoms with Gasteiger partial charge in [-0.1, -0.05) is 39.3 Å². The summed E-state index contributed by atoms with van der Waals surface area (Å²) in [5, 5.41) is 3.76. The van der Waals surface area contributed by atoms with E-state index in [0.29, 0.717) is 11.5 Å². The van der Waals surface area contributed by atoms with Gasteiger partial charge in [0.05, 0.1) is 0 Å². The summed E-state index contributed by atoms with van der Waals surface area (Å²) >= 11 is 0. The molecule has 0 heterocycles. The van der Waals surface area contributed by atoms with E-state index < -0.39 is 0 Å². The van der Waals surface area contributed by atoms with Crippen LogP contribution in [-0.2, 0) is 0 Å². The van der Waals surface area contributed by atoms with Gasteiger partial charge in [0, 0.05) is 6.04 Å². The van der Waals surface area contributed by atoms with Crippen LogP contribution in [0.4, 0.5) is 0 Å². The van der Waals surface area contributed by atoms with Crippen molar-refractivity contribution in [2.75, 3.05) is 6.54 Å². The van der Waals surface area contributed by atoms with Crippen LogP contribution in [0.1, 0.15) is 66.2 Å². The number of rotatable bonds is 6. The number of hydrogen-bond acceptors (Lipinski definition) is 1. The summed E-state index contributed by atoms with van der Waals surface area (Å²) in [5.74, 6) is 0. The molecule has 0 aromatic rings. The molecule has 1 aliphatic rings. The lowest BCUT2D eigenvalue weighted by molar-refractivity contribution is 0.254. The Kier molecular flexibility index (Phi) is 5.54. The molecule has 1 aliphatic carbocycles. The van der Waals surface area contributed by atoms with Gasteiger partial charge in [-0.2, -0.15) is 0 Å². The van der Waals surface area contributed by atoms with Crippen molar-refractivity contribution >= 4 is 0 Å². The summed E-state index contributed by atoms with van der Waals surface area (Å²) in [6.45, 7) is 10.5. The van der Waals surface area contributed by atoms with Gasteiger partial charge in [-0.15, -0.1) is 0 Å². The minimum absolute atomic E-state index is 0.387. The molecule has 1 heteroatoms. The first kappa shape index (κ1) is 13.8. The fourth-order valence-electron chi connectivity index (χ4n) is 2.53. The molecule has 1 nitrogen and oxygen atoms in total. The van der Waals surface area contributed by atoms with E-state index in [1.807, 2.05) is 0 Å². The smallest absolute Gasteiger partial charge is 0.0330 e. The van der Waals surface area contributed by atoms with Gasteiger partial charge in [-0.3, -0.25) is 0 Å². The van der Waals surface area contributed by atoms with Crippen molar-refractivity contribution in [3.63, 3.8) is 0 Å². The Morgan fingerprint density at radius 1 is 1.31 bits per heavy atom. The third-order valence-electron chi connectivity index (χ3n) is 3.99. The summed E-state index contributed by atoms with van der Waals surface area (Å²) in [5.41, 5.74) is 2.06. The molecule has 0 aromatic carbocycles. The zero-order valence-corrected chi connectivity index (χ0v) is 11.6. The van der Waals surface area contributed by atoms with E-state index in [1.54, 1.807) is 5.57 Å². The number of allylic oxidation sites excluding steroid dienone is 1. The first-order valence-electron chi connectivity index (χ1n) is 7.04. The molecule has 16 heavy (non-hydrogen) atoms. The Hall–Kier alpha value is -0.300. The second-order valence-corrected chi connectivity index (χ2v) is 5.75. The van der Waals surface area contributed by atoms with Crippen LogP contribution in [0, 0.1) is 5.41 Å². The predicted octanol–water partition coefficient (Wildman–Crippen LogP) is 4.29. The highest BCUT2D eigenvalue weighted by Gasteiger charge is 2.30. The molecule has 0 aromatic heterocycles. The molecule has 0 bridgehead atoms. The fourth-order valence-corrected chi connectivity index (χ4v) is 2.53. The molecule has 1 N–H and O–H groups in total. The van der Waals surface area contributed by atoms with Gasteiger partial charge >= 0.3 is 0 Å². The molecular formula is C15H29N. The highest BCUT2D eigenvalue weighted by Crippen LogP contribution is 2.33. The normalized spacial score (nSPS) is 19.4. The molecule has 0 aliphatic heterocycles. The van der Waals surface area contributed by atoms with Gasteiger partial charge in [0.15, 0.2) is 0 Å². The van der Waals surface area contributed by atoms with E-state index in [4.69, 9.17) is 0 Å². The average Bonchev–Trinajstić information content (AvgIpc) is 2.31. The summed E-state index contributed by atoms with van der Waals surface area (Å²) < 4.78 is 0. The van der Waals surface area contributed by atoms with E-state index >= 15 is 0 Å². The van der Waals surface area contributed by atoms with Crippen molar-refractivity contribution in [1.82, 2.24) is 5.32 Å². The maximum atomic E-state index is 3.76. The summed E-state index contributed by atoms with van der Waals surface area (Å²) in [4.78, 5) is 0.